The van der Waals surface area contributed by atoms with Gasteiger partial charge in [0.25, 0.3) is 5.91 Å². The molecule has 0 aromatic heterocycles. The minimum absolute atomic E-state index is 0.0194. The number of nitrogens with zero attached hydrogens (tertiary/aromatic N) is 2. The molecule has 0 atom stereocenters. The molecule has 2 aliphatic heterocycles. The number of rotatable bonds is 5. The maximum atomic E-state index is 12.4. The first-order valence-corrected chi connectivity index (χ1v) is 9.65. The van der Waals surface area contributed by atoms with Gasteiger partial charge < -0.3 is 15.0 Å². The fraction of sp³-hybridized carbons (Fsp3) is 0.364. The lowest BCUT2D eigenvalue weighted by Crippen LogP contribution is -2.62. The van der Waals surface area contributed by atoms with E-state index in [0.717, 1.165) is 32.6 Å². The van der Waals surface area contributed by atoms with Crippen LogP contribution in [0.15, 0.2) is 48.5 Å². The number of hydrogen-bond acceptors (Lipinski definition) is 4. The molecule has 2 aliphatic rings. The minimum Gasteiger partial charge on any atom is -0.497 e. The van der Waals surface area contributed by atoms with Crippen molar-refractivity contribution in [3.05, 3.63) is 65.2 Å². The molecular formula is C22H25N3O3. The van der Waals surface area contributed by atoms with Crippen LogP contribution in [0, 0.1) is 0 Å². The molecular weight excluding hydrogens is 354 g/mol. The summed E-state index contributed by atoms with van der Waals surface area (Å²) in [5.74, 6) is 0.314. The van der Waals surface area contributed by atoms with Crippen LogP contribution in [0.1, 0.15) is 21.5 Å². The maximum absolute atomic E-state index is 12.4. The third-order valence-electron chi connectivity index (χ3n) is 5.62. The van der Waals surface area contributed by atoms with Gasteiger partial charge >= 0.3 is 0 Å². The van der Waals surface area contributed by atoms with Crippen molar-refractivity contribution in [2.24, 2.45) is 0 Å². The van der Waals surface area contributed by atoms with Crippen LogP contribution in [-0.2, 0) is 17.8 Å². The highest BCUT2D eigenvalue weighted by Crippen LogP contribution is 2.24. The third-order valence-corrected chi connectivity index (χ3v) is 5.62. The van der Waals surface area contributed by atoms with Crippen molar-refractivity contribution in [2.75, 3.05) is 33.3 Å². The monoisotopic (exact) mass is 379 g/mol. The third kappa shape index (κ3) is 3.87. The first-order chi connectivity index (χ1) is 13.6. The number of benzene rings is 2. The molecule has 1 fully saturated rings. The predicted octanol–water partition coefficient (Wildman–Crippen LogP) is 1.69. The summed E-state index contributed by atoms with van der Waals surface area (Å²) in [5, 5.41) is 2.71. The van der Waals surface area contributed by atoms with E-state index in [-0.39, 0.29) is 18.4 Å². The van der Waals surface area contributed by atoms with Gasteiger partial charge in [0.2, 0.25) is 5.91 Å². The zero-order valence-corrected chi connectivity index (χ0v) is 16.1. The Hall–Kier alpha value is -2.86. The Labute approximate surface area is 165 Å². The zero-order chi connectivity index (χ0) is 19.5. The molecule has 2 heterocycles. The number of carbonyl (C=O) groups is 2. The average molecular weight is 379 g/mol. The first kappa shape index (κ1) is 18.5. The number of hydrogen-bond donors (Lipinski definition) is 1. The largest absolute Gasteiger partial charge is 0.497 e. The summed E-state index contributed by atoms with van der Waals surface area (Å²) < 4.78 is 5.13. The van der Waals surface area contributed by atoms with Crippen LogP contribution in [-0.4, -0.2) is 60.9 Å². The van der Waals surface area contributed by atoms with Crippen LogP contribution < -0.4 is 10.1 Å². The van der Waals surface area contributed by atoms with Crippen LogP contribution in [0.2, 0.25) is 0 Å². The molecule has 28 heavy (non-hydrogen) atoms. The SMILES string of the molecule is COc1cccc(C(=O)NCC(=O)N2CC(N3CCc4ccccc4C3)C2)c1. The van der Waals surface area contributed by atoms with Crippen molar-refractivity contribution in [1.82, 2.24) is 15.1 Å². The molecule has 2 aromatic rings. The summed E-state index contributed by atoms with van der Waals surface area (Å²) in [6, 6.07) is 15.9. The molecule has 0 radical (unpaired) electrons. The molecule has 1 saturated heterocycles. The number of fused-ring (bicyclic) bond motifs is 1. The van der Waals surface area contributed by atoms with Gasteiger partial charge in [0, 0.05) is 37.8 Å². The van der Waals surface area contributed by atoms with E-state index in [1.165, 1.54) is 11.1 Å². The van der Waals surface area contributed by atoms with Gasteiger partial charge in [-0.2, -0.15) is 0 Å². The Kier molecular flexibility index (Phi) is 5.30. The van der Waals surface area contributed by atoms with Crippen molar-refractivity contribution in [1.29, 1.82) is 0 Å². The maximum Gasteiger partial charge on any atom is 0.251 e. The van der Waals surface area contributed by atoms with Crippen molar-refractivity contribution in [2.45, 2.75) is 19.0 Å². The second-order valence-electron chi connectivity index (χ2n) is 7.36. The molecule has 4 rings (SSSR count). The Bertz CT molecular complexity index is 877. The fourth-order valence-corrected chi connectivity index (χ4v) is 3.85. The lowest BCUT2D eigenvalue weighted by molar-refractivity contribution is -0.137. The topological polar surface area (TPSA) is 61.9 Å². The highest BCUT2D eigenvalue weighted by molar-refractivity contribution is 5.96. The molecule has 0 aliphatic carbocycles. The van der Waals surface area contributed by atoms with Gasteiger partial charge in [0.1, 0.15) is 5.75 Å². The molecule has 0 spiro atoms. The number of amides is 2. The van der Waals surface area contributed by atoms with Gasteiger partial charge in [0.15, 0.2) is 0 Å². The van der Waals surface area contributed by atoms with E-state index in [1.54, 1.807) is 31.4 Å². The van der Waals surface area contributed by atoms with E-state index in [2.05, 4.69) is 34.5 Å². The van der Waals surface area contributed by atoms with Gasteiger partial charge in [-0.3, -0.25) is 14.5 Å². The number of likely N-dealkylation sites (tertiary alicyclic amines) is 1. The molecule has 6 nitrogen and oxygen atoms in total. The van der Waals surface area contributed by atoms with Crippen molar-refractivity contribution in [3.8, 4) is 5.75 Å². The van der Waals surface area contributed by atoms with E-state index < -0.39 is 0 Å². The van der Waals surface area contributed by atoms with Crippen LogP contribution in [0.5, 0.6) is 5.75 Å². The summed E-state index contributed by atoms with van der Waals surface area (Å²) in [6.07, 6.45) is 1.07. The number of nitrogens with one attached hydrogen (secondary N) is 1. The summed E-state index contributed by atoms with van der Waals surface area (Å²) in [5.41, 5.74) is 3.32. The summed E-state index contributed by atoms with van der Waals surface area (Å²) >= 11 is 0. The van der Waals surface area contributed by atoms with Gasteiger partial charge in [-0.25, -0.2) is 0 Å². The van der Waals surface area contributed by atoms with Gasteiger partial charge in [-0.15, -0.1) is 0 Å². The van der Waals surface area contributed by atoms with Gasteiger partial charge in [0.05, 0.1) is 13.7 Å². The number of carbonyl (C=O) groups excluding carboxylic acids is 2. The Morgan fingerprint density at radius 2 is 1.89 bits per heavy atom. The highest BCUT2D eigenvalue weighted by atomic mass is 16.5. The van der Waals surface area contributed by atoms with E-state index in [1.807, 2.05) is 4.90 Å². The number of methoxy groups -OCH3 is 1. The molecule has 146 valence electrons. The standard InChI is InChI=1S/C22H25N3O3/c1-28-20-8-4-7-17(11-20)22(27)23-12-21(26)25-14-19(15-25)24-10-9-16-5-2-3-6-18(16)13-24/h2-8,11,19H,9-10,12-15H2,1H3,(H,23,27). The van der Waals surface area contributed by atoms with Crippen LogP contribution >= 0.6 is 0 Å². The van der Waals surface area contributed by atoms with Crippen LogP contribution in [0.3, 0.4) is 0 Å². The highest BCUT2D eigenvalue weighted by Gasteiger charge is 2.35. The molecule has 2 aromatic carbocycles. The molecule has 2 amide bonds. The molecule has 6 heteroatoms. The Balaban J connectivity index is 1.24. The molecule has 0 bridgehead atoms. The van der Waals surface area contributed by atoms with Crippen LogP contribution in [0.4, 0.5) is 0 Å². The summed E-state index contributed by atoms with van der Waals surface area (Å²) in [4.78, 5) is 28.9. The predicted molar refractivity (Wildman–Crippen MR) is 106 cm³/mol. The van der Waals surface area contributed by atoms with Gasteiger partial charge in [-0.1, -0.05) is 30.3 Å². The normalized spacial score (nSPS) is 16.8. The summed E-state index contributed by atoms with van der Waals surface area (Å²) in [7, 11) is 1.56. The Morgan fingerprint density at radius 1 is 1.11 bits per heavy atom. The number of ether oxygens (including phenoxy) is 1. The van der Waals surface area contributed by atoms with E-state index in [4.69, 9.17) is 4.74 Å². The molecule has 1 N–H and O–H groups in total. The Morgan fingerprint density at radius 3 is 2.68 bits per heavy atom. The lowest BCUT2D eigenvalue weighted by Gasteiger charge is -2.47. The van der Waals surface area contributed by atoms with Gasteiger partial charge in [-0.05, 0) is 35.7 Å². The van der Waals surface area contributed by atoms with Crippen LogP contribution in [0.25, 0.3) is 0 Å². The second-order valence-corrected chi connectivity index (χ2v) is 7.36. The summed E-state index contributed by atoms with van der Waals surface area (Å²) in [6.45, 7) is 3.48. The lowest BCUT2D eigenvalue weighted by atomic mass is 9.96. The van der Waals surface area contributed by atoms with Crippen molar-refractivity contribution >= 4 is 11.8 Å². The molecule has 0 unspecified atom stereocenters. The quantitative estimate of drug-likeness (QED) is 0.859. The van der Waals surface area contributed by atoms with Crippen molar-refractivity contribution < 1.29 is 14.3 Å². The average Bonchev–Trinajstić information content (AvgIpc) is 2.71. The fourth-order valence-electron chi connectivity index (χ4n) is 3.85. The van der Waals surface area contributed by atoms with E-state index in [0.29, 0.717) is 17.4 Å². The van der Waals surface area contributed by atoms with E-state index in [9.17, 15) is 9.59 Å². The molecule has 0 saturated carbocycles. The van der Waals surface area contributed by atoms with E-state index >= 15 is 0 Å². The second kappa shape index (κ2) is 8.02. The zero-order valence-electron chi connectivity index (χ0n) is 16.1. The first-order valence-electron chi connectivity index (χ1n) is 9.65. The minimum atomic E-state index is -0.267. The van der Waals surface area contributed by atoms with Crippen molar-refractivity contribution in [3.63, 3.8) is 0 Å². The smallest absolute Gasteiger partial charge is 0.251 e.